The van der Waals surface area contributed by atoms with Crippen LogP contribution in [0.1, 0.15) is 53.4 Å². The maximum absolute atomic E-state index is 8.72. The fraction of sp³-hybridized carbons (Fsp3) is 0.923. The lowest BCUT2D eigenvalue weighted by molar-refractivity contribution is 0.167. The van der Waals surface area contributed by atoms with Crippen molar-refractivity contribution >= 4 is 5.84 Å². The molecule has 0 unspecified atom stereocenters. The van der Waals surface area contributed by atoms with Crippen LogP contribution in [0.25, 0.3) is 0 Å². The molecule has 1 aliphatic rings. The molecule has 0 saturated carbocycles. The van der Waals surface area contributed by atoms with Gasteiger partial charge in [0.15, 0.2) is 0 Å². The Balaban J connectivity index is 2.38. The van der Waals surface area contributed by atoms with E-state index in [0.29, 0.717) is 11.4 Å². The predicted molar refractivity (Wildman–Crippen MR) is 71.3 cm³/mol. The Hall–Kier alpha value is -0.770. The SMILES string of the molecule is CC(C)(CCCN1CCCC1(C)C)C(N)=NO. The lowest BCUT2D eigenvalue weighted by Gasteiger charge is -2.32. The number of rotatable bonds is 5. The van der Waals surface area contributed by atoms with Crippen LogP contribution in [0.3, 0.4) is 0 Å². The minimum Gasteiger partial charge on any atom is -0.409 e. The molecule has 0 aromatic carbocycles. The van der Waals surface area contributed by atoms with E-state index in [4.69, 9.17) is 10.9 Å². The Morgan fingerprint density at radius 1 is 1.47 bits per heavy atom. The van der Waals surface area contributed by atoms with Gasteiger partial charge in [-0.2, -0.15) is 0 Å². The molecule has 0 aromatic heterocycles. The van der Waals surface area contributed by atoms with E-state index in [9.17, 15) is 0 Å². The van der Waals surface area contributed by atoms with Crippen LogP contribution in [0.2, 0.25) is 0 Å². The Kier molecular flexibility index (Phi) is 4.42. The molecule has 4 heteroatoms. The second-order valence-corrected chi connectivity index (χ2v) is 6.38. The summed E-state index contributed by atoms with van der Waals surface area (Å²) in [5.74, 6) is 0.332. The van der Waals surface area contributed by atoms with Crippen molar-refractivity contribution in [3.8, 4) is 0 Å². The smallest absolute Gasteiger partial charge is 0.144 e. The van der Waals surface area contributed by atoms with E-state index in [1.165, 1.54) is 19.4 Å². The molecule has 3 N–H and O–H groups in total. The van der Waals surface area contributed by atoms with Gasteiger partial charge in [0.2, 0.25) is 0 Å². The average molecular weight is 241 g/mol. The lowest BCUT2D eigenvalue weighted by atomic mass is 9.86. The topological polar surface area (TPSA) is 61.8 Å². The van der Waals surface area contributed by atoms with Crippen molar-refractivity contribution in [2.24, 2.45) is 16.3 Å². The summed E-state index contributed by atoms with van der Waals surface area (Å²) in [6, 6.07) is 0. The quantitative estimate of drug-likeness (QED) is 0.336. The monoisotopic (exact) mass is 241 g/mol. The maximum Gasteiger partial charge on any atom is 0.144 e. The largest absolute Gasteiger partial charge is 0.409 e. The van der Waals surface area contributed by atoms with Crippen LogP contribution in [-0.2, 0) is 0 Å². The van der Waals surface area contributed by atoms with Crippen LogP contribution in [-0.4, -0.2) is 34.6 Å². The number of hydrogen-bond acceptors (Lipinski definition) is 3. The minimum atomic E-state index is -0.210. The molecule has 0 bridgehead atoms. The third-order valence-electron chi connectivity index (χ3n) is 4.10. The molecule has 1 fully saturated rings. The summed E-state index contributed by atoms with van der Waals surface area (Å²) in [5, 5.41) is 11.8. The number of nitrogens with two attached hydrogens (primary N) is 1. The molecule has 17 heavy (non-hydrogen) atoms. The molecule has 1 saturated heterocycles. The molecule has 4 nitrogen and oxygen atoms in total. The first-order valence-corrected chi connectivity index (χ1v) is 6.53. The highest BCUT2D eigenvalue weighted by atomic mass is 16.4. The summed E-state index contributed by atoms with van der Waals surface area (Å²) in [6.45, 7) is 11.0. The van der Waals surface area contributed by atoms with Crippen LogP contribution in [0.15, 0.2) is 5.16 Å². The Bertz CT molecular complexity index is 284. The van der Waals surface area contributed by atoms with Crippen molar-refractivity contribution < 1.29 is 5.21 Å². The van der Waals surface area contributed by atoms with Gasteiger partial charge in [-0.1, -0.05) is 19.0 Å². The van der Waals surface area contributed by atoms with Crippen LogP contribution in [0.5, 0.6) is 0 Å². The maximum atomic E-state index is 8.72. The zero-order valence-corrected chi connectivity index (χ0v) is 11.7. The van der Waals surface area contributed by atoms with E-state index in [2.05, 4.69) is 23.9 Å². The van der Waals surface area contributed by atoms with E-state index in [-0.39, 0.29) is 5.41 Å². The Labute approximate surface area is 105 Å². The van der Waals surface area contributed by atoms with E-state index >= 15 is 0 Å². The van der Waals surface area contributed by atoms with Crippen molar-refractivity contribution in [2.45, 2.75) is 58.9 Å². The second kappa shape index (κ2) is 5.25. The summed E-state index contributed by atoms with van der Waals surface area (Å²) in [6.07, 6.45) is 4.63. The van der Waals surface area contributed by atoms with Gasteiger partial charge in [-0.3, -0.25) is 4.90 Å². The van der Waals surface area contributed by atoms with Gasteiger partial charge >= 0.3 is 0 Å². The van der Waals surface area contributed by atoms with Crippen molar-refractivity contribution in [2.75, 3.05) is 13.1 Å². The molecule has 0 aromatic rings. The minimum absolute atomic E-state index is 0.210. The molecule has 0 aliphatic carbocycles. The van der Waals surface area contributed by atoms with Gasteiger partial charge in [-0.15, -0.1) is 0 Å². The first-order chi connectivity index (χ1) is 7.79. The number of likely N-dealkylation sites (tertiary alicyclic amines) is 1. The summed E-state index contributed by atoms with van der Waals surface area (Å²) >= 11 is 0. The molecule has 100 valence electrons. The standard InChI is InChI=1S/C13H27N3O/c1-12(2,11(14)15-17)7-5-9-16-10-6-8-13(16,3)4/h17H,5-10H2,1-4H3,(H2,14,15). The number of nitrogens with zero attached hydrogens (tertiary/aromatic N) is 2. The van der Waals surface area contributed by atoms with Crippen molar-refractivity contribution in [1.82, 2.24) is 4.90 Å². The normalized spacial score (nSPS) is 22.0. The fourth-order valence-electron chi connectivity index (χ4n) is 2.55. The van der Waals surface area contributed by atoms with Crippen LogP contribution >= 0.6 is 0 Å². The zero-order valence-electron chi connectivity index (χ0n) is 11.7. The molecular weight excluding hydrogens is 214 g/mol. The summed E-state index contributed by atoms with van der Waals surface area (Å²) < 4.78 is 0. The average Bonchev–Trinajstić information content (AvgIpc) is 2.57. The molecular formula is C13H27N3O. The molecule has 0 amide bonds. The lowest BCUT2D eigenvalue weighted by Crippen LogP contribution is -2.39. The van der Waals surface area contributed by atoms with Crippen molar-refractivity contribution in [3.63, 3.8) is 0 Å². The van der Waals surface area contributed by atoms with E-state index in [1.54, 1.807) is 0 Å². The highest BCUT2D eigenvalue weighted by Crippen LogP contribution is 2.29. The number of oxime groups is 1. The number of hydrogen-bond donors (Lipinski definition) is 2. The zero-order chi connectivity index (χ0) is 13.1. The van der Waals surface area contributed by atoms with Gasteiger partial charge in [0, 0.05) is 11.0 Å². The molecule has 1 aliphatic heterocycles. The van der Waals surface area contributed by atoms with E-state index in [1.807, 2.05) is 13.8 Å². The molecule has 1 rings (SSSR count). The van der Waals surface area contributed by atoms with Crippen molar-refractivity contribution in [1.29, 1.82) is 0 Å². The number of amidine groups is 1. The van der Waals surface area contributed by atoms with Gasteiger partial charge in [0.05, 0.1) is 0 Å². The van der Waals surface area contributed by atoms with E-state index < -0.39 is 0 Å². The van der Waals surface area contributed by atoms with Crippen molar-refractivity contribution in [3.05, 3.63) is 0 Å². The van der Waals surface area contributed by atoms with Gasteiger partial charge in [-0.05, 0) is 52.6 Å². The Morgan fingerprint density at radius 3 is 2.59 bits per heavy atom. The van der Waals surface area contributed by atoms with Crippen LogP contribution < -0.4 is 5.73 Å². The first-order valence-electron chi connectivity index (χ1n) is 6.53. The van der Waals surface area contributed by atoms with Crippen LogP contribution in [0, 0.1) is 5.41 Å². The van der Waals surface area contributed by atoms with Gasteiger partial charge in [0.1, 0.15) is 5.84 Å². The molecule has 0 atom stereocenters. The highest BCUT2D eigenvalue weighted by molar-refractivity contribution is 5.85. The van der Waals surface area contributed by atoms with Gasteiger partial charge in [0.25, 0.3) is 0 Å². The fourth-order valence-corrected chi connectivity index (χ4v) is 2.55. The highest BCUT2D eigenvalue weighted by Gasteiger charge is 2.32. The van der Waals surface area contributed by atoms with Crippen LogP contribution in [0.4, 0.5) is 0 Å². The summed E-state index contributed by atoms with van der Waals surface area (Å²) in [5.41, 5.74) is 5.82. The molecule has 1 heterocycles. The first kappa shape index (κ1) is 14.3. The second-order valence-electron chi connectivity index (χ2n) is 6.38. The summed E-state index contributed by atoms with van der Waals surface area (Å²) in [4.78, 5) is 2.55. The predicted octanol–water partition coefficient (Wildman–Crippen LogP) is 2.41. The summed E-state index contributed by atoms with van der Waals surface area (Å²) in [7, 11) is 0. The van der Waals surface area contributed by atoms with Gasteiger partial charge < -0.3 is 10.9 Å². The molecule has 0 radical (unpaired) electrons. The third-order valence-corrected chi connectivity index (χ3v) is 4.10. The third kappa shape index (κ3) is 3.60. The van der Waals surface area contributed by atoms with Gasteiger partial charge in [-0.25, -0.2) is 0 Å². The Morgan fingerprint density at radius 2 is 2.12 bits per heavy atom. The van der Waals surface area contributed by atoms with E-state index in [0.717, 1.165) is 19.4 Å². The molecule has 0 spiro atoms.